The minimum Gasteiger partial charge on any atom is -0.341 e. The van der Waals surface area contributed by atoms with E-state index in [0.29, 0.717) is 23.3 Å². The first-order valence-corrected chi connectivity index (χ1v) is 8.49. The molecule has 2 amide bonds. The monoisotopic (exact) mass is 371 g/mol. The zero-order chi connectivity index (χ0) is 16.4. The van der Waals surface area contributed by atoms with Gasteiger partial charge in [0.1, 0.15) is 0 Å². The number of nitrogens with one attached hydrogen (secondary N) is 1. The van der Waals surface area contributed by atoms with Crippen molar-refractivity contribution in [2.75, 3.05) is 31.6 Å². The summed E-state index contributed by atoms with van der Waals surface area (Å²) in [4.78, 5) is 28.6. The maximum atomic E-state index is 12.8. The van der Waals surface area contributed by atoms with E-state index in [0.717, 1.165) is 25.9 Å². The van der Waals surface area contributed by atoms with Crippen molar-refractivity contribution in [3.8, 4) is 0 Å². The van der Waals surface area contributed by atoms with Crippen molar-refractivity contribution in [1.29, 1.82) is 0 Å². The van der Waals surface area contributed by atoms with Crippen molar-refractivity contribution in [1.82, 2.24) is 10.2 Å². The number of carbonyl (C=O) groups excluding carboxylic acids is 2. The lowest BCUT2D eigenvalue weighted by atomic mass is 10.0. The van der Waals surface area contributed by atoms with Crippen LogP contribution < -0.4 is 10.2 Å². The predicted octanol–water partition coefficient (Wildman–Crippen LogP) is 2.33. The van der Waals surface area contributed by atoms with Crippen molar-refractivity contribution in [2.45, 2.75) is 25.3 Å². The Labute approximate surface area is 153 Å². The molecule has 2 fully saturated rings. The van der Waals surface area contributed by atoms with E-state index in [1.807, 2.05) is 30.1 Å². The van der Waals surface area contributed by atoms with Crippen LogP contribution in [0.3, 0.4) is 0 Å². The first-order valence-electron chi connectivity index (χ1n) is 8.11. The highest BCUT2D eigenvalue weighted by molar-refractivity contribution is 6.33. The summed E-state index contributed by atoms with van der Waals surface area (Å²) in [5.74, 6) is -0.208. The number of likely N-dealkylation sites (tertiary alicyclic amines) is 1. The maximum Gasteiger partial charge on any atom is 0.228 e. The Kier molecular flexibility index (Phi) is 6.49. The quantitative estimate of drug-likeness (QED) is 0.886. The van der Waals surface area contributed by atoms with E-state index >= 15 is 0 Å². The molecule has 0 saturated carbocycles. The van der Waals surface area contributed by atoms with Gasteiger partial charge in [0.2, 0.25) is 11.8 Å². The molecule has 1 N–H and O–H groups in total. The molecule has 3 rings (SSSR count). The highest BCUT2D eigenvalue weighted by atomic mass is 35.5. The van der Waals surface area contributed by atoms with Gasteiger partial charge >= 0.3 is 0 Å². The summed E-state index contributed by atoms with van der Waals surface area (Å²) in [6.45, 7) is 1.93. The Morgan fingerprint density at radius 1 is 1.29 bits per heavy atom. The number of amides is 2. The predicted molar refractivity (Wildman–Crippen MR) is 97.8 cm³/mol. The molecule has 1 aromatic rings. The van der Waals surface area contributed by atoms with Crippen LogP contribution >= 0.6 is 24.0 Å². The summed E-state index contributed by atoms with van der Waals surface area (Å²) < 4.78 is 0. The molecule has 2 saturated heterocycles. The lowest BCUT2D eigenvalue weighted by Crippen LogP contribution is -2.49. The van der Waals surface area contributed by atoms with Crippen molar-refractivity contribution in [2.24, 2.45) is 5.92 Å². The van der Waals surface area contributed by atoms with Crippen LogP contribution in [0.15, 0.2) is 24.3 Å². The Balaban J connectivity index is 0.00000208. The smallest absolute Gasteiger partial charge is 0.228 e. The highest BCUT2D eigenvalue weighted by Gasteiger charge is 2.38. The SMILES string of the molecule is CNC1CCCN(C(=O)C2CC(=O)N(c3ccccc3Cl)C2)C1.Cl. The molecule has 0 radical (unpaired) electrons. The number of nitrogens with zero attached hydrogens (tertiary/aromatic N) is 2. The van der Waals surface area contributed by atoms with E-state index < -0.39 is 0 Å². The van der Waals surface area contributed by atoms with E-state index in [1.165, 1.54) is 0 Å². The van der Waals surface area contributed by atoms with Crippen LogP contribution in [0.25, 0.3) is 0 Å². The summed E-state index contributed by atoms with van der Waals surface area (Å²) in [7, 11) is 1.93. The van der Waals surface area contributed by atoms with Gasteiger partial charge in [0.25, 0.3) is 0 Å². The van der Waals surface area contributed by atoms with Crippen molar-refractivity contribution < 1.29 is 9.59 Å². The number of piperidine rings is 1. The van der Waals surface area contributed by atoms with Gasteiger partial charge in [0.05, 0.1) is 16.6 Å². The molecule has 0 aromatic heterocycles. The van der Waals surface area contributed by atoms with Crippen molar-refractivity contribution >= 4 is 41.5 Å². The first-order chi connectivity index (χ1) is 11.1. The number of likely N-dealkylation sites (N-methyl/N-ethyl adjacent to an activating group) is 1. The zero-order valence-corrected chi connectivity index (χ0v) is 15.3. The lowest BCUT2D eigenvalue weighted by molar-refractivity contribution is -0.137. The van der Waals surface area contributed by atoms with Gasteiger partial charge in [-0.1, -0.05) is 23.7 Å². The molecule has 132 valence electrons. The topological polar surface area (TPSA) is 52.7 Å². The summed E-state index contributed by atoms with van der Waals surface area (Å²) in [5, 5.41) is 3.79. The Hall–Kier alpha value is -1.30. The van der Waals surface area contributed by atoms with Crippen LogP contribution in [0.2, 0.25) is 5.02 Å². The number of anilines is 1. The average molecular weight is 372 g/mol. The van der Waals surface area contributed by atoms with Gasteiger partial charge in [-0.25, -0.2) is 0 Å². The van der Waals surface area contributed by atoms with Crippen LogP contribution in [-0.2, 0) is 9.59 Å². The second-order valence-corrected chi connectivity index (χ2v) is 6.68. The van der Waals surface area contributed by atoms with E-state index in [9.17, 15) is 9.59 Å². The van der Waals surface area contributed by atoms with E-state index in [2.05, 4.69) is 5.32 Å². The zero-order valence-electron chi connectivity index (χ0n) is 13.7. The number of rotatable bonds is 3. The van der Waals surface area contributed by atoms with Crippen LogP contribution in [-0.4, -0.2) is 49.4 Å². The molecule has 2 aliphatic heterocycles. The molecule has 1 aromatic carbocycles. The molecule has 0 spiro atoms. The number of para-hydroxylation sites is 1. The summed E-state index contributed by atoms with van der Waals surface area (Å²) in [5.41, 5.74) is 0.696. The van der Waals surface area contributed by atoms with Crippen molar-refractivity contribution in [3.63, 3.8) is 0 Å². The van der Waals surface area contributed by atoms with Crippen LogP contribution in [0.1, 0.15) is 19.3 Å². The maximum absolute atomic E-state index is 12.8. The molecule has 2 aliphatic rings. The summed E-state index contributed by atoms with van der Waals surface area (Å²) in [6.07, 6.45) is 2.37. The minimum atomic E-state index is -0.269. The van der Waals surface area contributed by atoms with E-state index in [1.54, 1.807) is 11.0 Å². The average Bonchev–Trinajstić information content (AvgIpc) is 2.96. The number of halogens is 2. The van der Waals surface area contributed by atoms with Crippen molar-refractivity contribution in [3.05, 3.63) is 29.3 Å². The van der Waals surface area contributed by atoms with Gasteiger partial charge in [0.15, 0.2) is 0 Å². The molecule has 2 atom stereocenters. The fraction of sp³-hybridized carbons (Fsp3) is 0.529. The molecule has 0 bridgehead atoms. The molecule has 7 heteroatoms. The first kappa shape index (κ1) is 19.0. The number of hydrogen-bond donors (Lipinski definition) is 1. The van der Waals surface area contributed by atoms with E-state index in [4.69, 9.17) is 11.6 Å². The number of hydrogen-bond acceptors (Lipinski definition) is 3. The fourth-order valence-electron chi connectivity index (χ4n) is 3.45. The van der Waals surface area contributed by atoms with Gasteiger partial charge < -0.3 is 15.1 Å². The number of carbonyl (C=O) groups is 2. The fourth-order valence-corrected chi connectivity index (χ4v) is 3.69. The van der Waals surface area contributed by atoms with Crippen LogP contribution in [0.5, 0.6) is 0 Å². The molecule has 0 aliphatic carbocycles. The van der Waals surface area contributed by atoms with Crippen LogP contribution in [0.4, 0.5) is 5.69 Å². The third-order valence-corrected chi connectivity index (χ3v) is 5.08. The highest BCUT2D eigenvalue weighted by Crippen LogP contribution is 2.32. The third-order valence-electron chi connectivity index (χ3n) is 4.76. The second kappa shape index (κ2) is 8.19. The Morgan fingerprint density at radius 3 is 2.75 bits per heavy atom. The van der Waals surface area contributed by atoms with E-state index in [-0.39, 0.29) is 36.6 Å². The number of benzene rings is 1. The third kappa shape index (κ3) is 3.85. The summed E-state index contributed by atoms with van der Waals surface area (Å²) in [6, 6.07) is 7.63. The second-order valence-electron chi connectivity index (χ2n) is 6.27. The largest absolute Gasteiger partial charge is 0.341 e. The van der Waals surface area contributed by atoms with Gasteiger partial charge in [-0.3, -0.25) is 9.59 Å². The normalized spacial score (nSPS) is 24.0. The summed E-state index contributed by atoms with van der Waals surface area (Å²) >= 11 is 6.19. The molecule has 24 heavy (non-hydrogen) atoms. The standard InChI is InChI=1S/C17H22ClN3O2.ClH/c1-19-13-5-4-8-20(11-13)17(23)12-9-16(22)21(10-12)15-7-3-2-6-14(15)18;/h2-3,6-7,12-13,19H,4-5,8-11H2,1H3;1H. The van der Waals surface area contributed by atoms with Crippen LogP contribution in [0, 0.1) is 5.92 Å². The molecular formula is C17H23Cl2N3O2. The van der Waals surface area contributed by atoms with Gasteiger partial charge in [-0.15, -0.1) is 12.4 Å². The van der Waals surface area contributed by atoms with Gasteiger partial charge in [-0.05, 0) is 32.0 Å². The molecule has 2 unspecified atom stereocenters. The molecular weight excluding hydrogens is 349 g/mol. The Morgan fingerprint density at radius 2 is 2.04 bits per heavy atom. The lowest BCUT2D eigenvalue weighted by Gasteiger charge is -2.34. The molecule has 5 nitrogen and oxygen atoms in total. The molecule has 2 heterocycles. The Bertz CT molecular complexity index is 611. The van der Waals surface area contributed by atoms with Gasteiger partial charge in [-0.2, -0.15) is 0 Å². The van der Waals surface area contributed by atoms with Gasteiger partial charge in [0, 0.05) is 32.1 Å². The minimum absolute atomic E-state index is 0.